The lowest BCUT2D eigenvalue weighted by molar-refractivity contribution is -0.384. The number of nitro benzene ring substituents is 1. The summed E-state index contributed by atoms with van der Waals surface area (Å²) >= 11 is 0. The van der Waals surface area contributed by atoms with E-state index in [1.54, 1.807) is 13.0 Å². The largest absolute Gasteiger partial charge is 0.294 e. The molecule has 0 bridgehead atoms. The fourth-order valence-corrected chi connectivity index (χ4v) is 4.70. The topological polar surface area (TPSA) is 97.6 Å². The molecule has 0 spiro atoms. The molecule has 3 rings (SSSR count). The van der Waals surface area contributed by atoms with Crippen LogP contribution in [-0.2, 0) is 14.8 Å². The zero-order valence-corrected chi connectivity index (χ0v) is 16.1. The summed E-state index contributed by atoms with van der Waals surface area (Å²) < 4.78 is 27.2. The summed E-state index contributed by atoms with van der Waals surface area (Å²) in [6.07, 6.45) is 2.12. The number of non-ortho nitro benzene ring substituents is 1. The highest BCUT2D eigenvalue weighted by Gasteiger charge is 2.32. The Labute approximate surface area is 163 Å². The van der Waals surface area contributed by atoms with Gasteiger partial charge in [-0.15, -0.1) is 0 Å². The van der Waals surface area contributed by atoms with E-state index in [-0.39, 0.29) is 29.5 Å². The first-order chi connectivity index (χ1) is 13.3. The van der Waals surface area contributed by atoms with Crippen LogP contribution in [0.4, 0.5) is 5.69 Å². The second-order valence-electron chi connectivity index (χ2n) is 6.71. The smallest absolute Gasteiger partial charge is 0.269 e. The Bertz CT molecular complexity index is 1010. The molecule has 0 unspecified atom stereocenters. The molecule has 146 valence electrons. The molecule has 0 amide bonds. The van der Waals surface area contributed by atoms with Crippen molar-refractivity contribution in [3.8, 4) is 0 Å². The van der Waals surface area contributed by atoms with Crippen LogP contribution in [0.1, 0.15) is 18.9 Å². The molecule has 2 aromatic rings. The highest BCUT2D eigenvalue weighted by molar-refractivity contribution is 7.89. The third-order valence-electron chi connectivity index (χ3n) is 4.70. The van der Waals surface area contributed by atoms with Gasteiger partial charge in [-0.1, -0.05) is 37.3 Å². The van der Waals surface area contributed by atoms with Gasteiger partial charge >= 0.3 is 0 Å². The third-order valence-corrected chi connectivity index (χ3v) is 6.58. The second kappa shape index (κ2) is 8.04. The monoisotopic (exact) mass is 400 g/mol. The summed E-state index contributed by atoms with van der Waals surface area (Å²) in [5.41, 5.74) is 1.32. The first kappa shape index (κ1) is 19.9. The van der Waals surface area contributed by atoms with Crippen LogP contribution >= 0.6 is 0 Å². The maximum atomic E-state index is 13.0. The number of hydrogen-bond acceptors (Lipinski definition) is 5. The Hall–Kier alpha value is -2.84. The molecule has 1 saturated heterocycles. The third kappa shape index (κ3) is 4.18. The molecule has 0 radical (unpaired) electrons. The van der Waals surface area contributed by atoms with E-state index >= 15 is 0 Å². The fraction of sp³-hybridized carbons (Fsp3) is 0.250. The molecule has 0 aliphatic carbocycles. The number of benzene rings is 2. The lowest BCUT2D eigenvalue weighted by atomic mass is 9.97. The van der Waals surface area contributed by atoms with Gasteiger partial charge in [0, 0.05) is 31.1 Å². The summed E-state index contributed by atoms with van der Waals surface area (Å²) in [5, 5.41) is 10.8. The highest BCUT2D eigenvalue weighted by atomic mass is 32.2. The van der Waals surface area contributed by atoms with E-state index in [0.717, 1.165) is 5.56 Å². The average Bonchev–Trinajstić information content (AvgIpc) is 2.83. The Kier molecular flexibility index (Phi) is 5.71. The first-order valence-electron chi connectivity index (χ1n) is 8.83. The van der Waals surface area contributed by atoms with E-state index in [2.05, 4.69) is 0 Å². The number of hydrogen-bond donors (Lipinski definition) is 0. The van der Waals surface area contributed by atoms with Crippen molar-refractivity contribution < 1.29 is 18.1 Å². The van der Waals surface area contributed by atoms with Gasteiger partial charge in [-0.2, -0.15) is 4.31 Å². The zero-order chi connectivity index (χ0) is 20.3. The maximum absolute atomic E-state index is 13.0. The molecule has 8 heteroatoms. The van der Waals surface area contributed by atoms with Crippen molar-refractivity contribution in [2.75, 3.05) is 13.1 Å². The van der Waals surface area contributed by atoms with Crippen LogP contribution < -0.4 is 0 Å². The summed E-state index contributed by atoms with van der Waals surface area (Å²) in [4.78, 5) is 22.9. The number of ketones is 1. The standard InChI is InChI=1S/C20H20N2O5S/c1-15-14-21(28(26,27)19-9-7-18(8-10-19)22(24)25)12-11-17(20(15)23)13-16-5-3-2-4-6-16/h2-10,13,15H,11-12,14H2,1H3/b17-13+/t15-/m1/s1. The number of carbonyl (C=O) groups excluding carboxylic acids is 1. The van der Waals surface area contributed by atoms with Gasteiger partial charge in [0.05, 0.1) is 9.82 Å². The number of carbonyl (C=O) groups is 1. The lowest BCUT2D eigenvalue weighted by Gasteiger charge is -2.21. The van der Waals surface area contributed by atoms with Gasteiger partial charge in [-0.05, 0) is 35.8 Å². The summed E-state index contributed by atoms with van der Waals surface area (Å²) in [5.74, 6) is -0.546. The molecule has 1 atom stereocenters. The van der Waals surface area contributed by atoms with E-state index < -0.39 is 20.9 Å². The molecule has 7 nitrogen and oxygen atoms in total. The second-order valence-corrected chi connectivity index (χ2v) is 8.65. The summed E-state index contributed by atoms with van der Waals surface area (Å²) in [7, 11) is -3.85. The molecule has 1 fully saturated rings. The van der Waals surface area contributed by atoms with Gasteiger partial charge in [0.15, 0.2) is 5.78 Å². The van der Waals surface area contributed by atoms with Gasteiger partial charge < -0.3 is 0 Å². The Morgan fingerprint density at radius 2 is 1.75 bits per heavy atom. The SMILES string of the molecule is C[C@@H]1CN(S(=O)(=O)c2ccc([N+](=O)[O-])cc2)CC/C(=C\c2ccccc2)C1=O. The van der Waals surface area contributed by atoms with Crippen molar-refractivity contribution in [1.82, 2.24) is 4.31 Å². The van der Waals surface area contributed by atoms with Gasteiger partial charge in [0.25, 0.3) is 5.69 Å². The fourth-order valence-electron chi connectivity index (χ4n) is 3.17. The van der Waals surface area contributed by atoms with E-state index in [1.807, 2.05) is 30.3 Å². The Morgan fingerprint density at radius 3 is 2.36 bits per heavy atom. The van der Waals surface area contributed by atoms with Crippen LogP contribution in [-0.4, -0.2) is 36.5 Å². The Balaban J connectivity index is 1.87. The minimum Gasteiger partial charge on any atom is -0.294 e. The molecule has 2 aromatic carbocycles. The molecule has 0 N–H and O–H groups in total. The van der Waals surface area contributed by atoms with E-state index in [4.69, 9.17) is 0 Å². The van der Waals surface area contributed by atoms with Gasteiger partial charge in [-0.25, -0.2) is 8.42 Å². The summed E-state index contributed by atoms with van der Waals surface area (Å²) in [6.45, 7) is 1.96. The van der Waals surface area contributed by atoms with Crippen LogP contribution in [0.2, 0.25) is 0 Å². The van der Waals surface area contributed by atoms with Crippen LogP contribution in [0.5, 0.6) is 0 Å². The Morgan fingerprint density at radius 1 is 1.11 bits per heavy atom. The van der Waals surface area contributed by atoms with Gasteiger partial charge in [0.1, 0.15) is 0 Å². The minimum atomic E-state index is -3.85. The van der Waals surface area contributed by atoms with Crippen LogP contribution in [0.25, 0.3) is 6.08 Å². The molecule has 1 aliphatic heterocycles. The van der Waals surface area contributed by atoms with Gasteiger partial charge in [0.2, 0.25) is 10.0 Å². The van der Waals surface area contributed by atoms with E-state index in [9.17, 15) is 23.3 Å². The first-order valence-corrected chi connectivity index (χ1v) is 10.3. The molecular formula is C20H20N2O5S. The average molecular weight is 400 g/mol. The van der Waals surface area contributed by atoms with Crippen molar-refractivity contribution in [3.63, 3.8) is 0 Å². The lowest BCUT2D eigenvalue weighted by Crippen LogP contribution is -2.35. The highest BCUT2D eigenvalue weighted by Crippen LogP contribution is 2.26. The van der Waals surface area contributed by atoms with Crippen molar-refractivity contribution >= 4 is 27.6 Å². The molecule has 28 heavy (non-hydrogen) atoms. The van der Waals surface area contributed by atoms with Crippen LogP contribution in [0.3, 0.4) is 0 Å². The van der Waals surface area contributed by atoms with Crippen molar-refractivity contribution in [2.24, 2.45) is 5.92 Å². The van der Waals surface area contributed by atoms with Crippen molar-refractivity contribution in [3.05, 3.63) is 75.8 Å². The molecule has 1 heterocycles. The van der Waals surface area contributed by atoms with Crippen LogP contribution in [0.15, 0.2) is 65.1 Å². The summed E-state index contributed by atoms with van der Waals surface area (Å²) in [6, 6.07) is 14.2. The van der Waals surface area contributed by atoms with E-state index in [1.165, 1.54) is 28.6 Å². The predicted molar refractivity (Wildman–Crippen MR) is 105 cm³/mol. The zero-order valence-electron chi connectivity index (χ0n) is 15.3. The van der Waals surface area contributed by atoms with Crippen LogP contribution in [0, 0.1) is 16.0 Å². The molecule has 0 saturated carbocycles. The number of Topliss-reactive ketones (excluding diaryl/α,β-unsaturated/α-hetero) is 1. The number of rotatable bonds is 4. The molecule has 0 aromatic heterocycles. The molecular weight excluding hydrogens is 380 g/mol. The van der Waals surface area contributed by atoms with Crippen molar-refractivity contribution in [2.45, 2.75) is 18.2 Å². The molecule has 1 aliphatic rings. The quantitative estimate of drug-likeness (QED) is 0.446. The normalized spacial score (nSPS) is 20.1. The number of nitro groups is 1. The van der Waals surface area contributed by atoms with Gasteiger partial charge in [-0.3, -0.25) is 14.9 Å². The minimum absolute atomic E-state index is 0.0202. The number of sulfonamides is 1. The maximum Gasteiger partial charge on any atom is 0.269 e. The van der Waals surface area contributed by atoms with E-state index in [0.29, 0.717) is 12.0 Å². The number of nitrogens with zero attached hydrogens (tertiary/aromatic N) is 2. The van der Waals surface area contributed by atoms with Crippen molar-refractivity contribution in [1.29, 1.82) is 0 Å². The predicted octanol–water partition coefficient (Wildman–Crippen LogP) is 3.28.